The van der Waals surface area contributed by atoms with Crippen LogP contribution in [-0.4, -0.2) is 72.3 Å². The normalized spacial score (nSPS) is 17.2. The van der Waals surface area contributed by atoms with E-state index in [1.165, 1.54) is 8.99 Å². The van der Waals surface area contributed by atoms with Crippen LogP contribution in [0.3, 0.4) is 0 Å². The molecule has 0 spiro atoms. The smallest absolute Gasteiger partial charge is 0.275 e. The number of aliphatic hydroxyl groups excluding tert-OH is 1. The molecule has 4 heterocycles. The van der Waals surface area contributed by atoms with Crippen LogP contribution in [0.4, 0.5) is 5.82 Å². The van der Waals surface area contributed by atoms with Crippen LogP contribution in [0.25, 0.3) is 11.5 Å². The average molecular weight is 485 g/mol. The highest BCUT2D eigenvalue weighted by Gasteiger charge is 2.41. The van der Waals surface area contributed by atoms with Crippen LogP contribution in [0.15, 0.2) is 30.5 Å². The number of nitrogens with one attached hydrogen (secondary N) is 1. The second-order valence-electron chi connectivity index (χ2n) is 8.51. The summed E-state index contributed by atoms with van der Waals surface area (Å²) in [5.41, 5.74) is 2.34. The van der Waals surface area contributed by atoms with Crippen molar-refractivity contribution in [2.24, 2.45) is 0 Å². The Morgan fingerprint density at radius 3 is 2.88 bits per heavy atom. The van der Waals surface area contributed by atoms with E-state index in [0.717, 1.165) is 11.1 Å². The van der Waals surface area contributed by atoms with Crippen LogP contribution in [0.2, 0.25) is 0 Å². The lowest BCUT2D eigenvalue weighted by atomic mass is 10.0. The molecule has 0 aromatic carbocycles. The highest BCUT2D eigenvalue weighted by Crippen LogP contribution is 2.33. The Balaban J connectivity index is 1.34. The number of fused-ring (bicyclic) bond motifs is 1. The summed E-state index contributed by atoms with van der Waals surface area (Å²) in [6.45, 7) is 2.31. The van der Waals surface area contributed by atoms with Crippen LogP contribution < -0.4 is 5.32 Å². The van der Waals surface area contributed by atoms with Gasteiger partial charge in [0.1, 0.15) is 17.2 Å². The third kappa shape index (κ3) is 4.29. The number of nitrogens with zero attached hydrogens (tertiary/aromatic N) is 7. The molecular weight excluding hydrogens is 460 g/mol. The third-order valence-electron chi connectivity index (χ3n) is 5.99. The van der Waals surface area contributed by atoms with Crippen molar-refractivity contribution in [2.75, 3.05) is 18.5 Å². The zero-order valence-electron chi connectivity index (χ0n) is 18.5. The highest BCUT2D eigenvalue weighted by atomic mass is 32.2. The quantitative estimate of drug-likeness (QED) is 0.495. The fourth-order valence-corrected chi connectivity index (χ4v) is 5.69. The number of hydrogen-bond acceptors (Lipinski definition) is 9. The number of sulfonamides is 1. The van der Waals surface area contributed by atoms with Crippen molar-refractivity contribution in [2.45, 2.75) is 44.0 Å². The molecular formula is C21H24N8O4S. The van der Waals surface area contributed by atoms with Crippen LogP contribution in [0, 0.1) is 0 Å². The molecule has 12 nitrogen and oxygen atoms in total. The molecule has 2 aliphatic rings. The first-order valence-corrected chi connectivity index (χ1v) is 12.5. The second kappa shape index (κ2) is 8.81. The number of pyridine rings is 2. The maximum Gasteiger partial charge on any atom is 0.275 e. The minimum atomic E-state index is -3.28. The van der Waals surface area contributed by atoms with Gasteiger partial charge in [0.2, 0.25) is 15.8 Å². The lowest BCUT2D eigenvalue weighted by Gasteiger charge is -2.28. The zero-order valence-corrected chi connectivity index (χ0v) is 19.3. The van der Waals surface area contributed by atoms with Gasteiger partial charge in [-0.15, -0.1) is 5.10 Å². The van der Waals surface area contributed by atoms with Crippen LogP contribution in [-0.2, 0) is 23.0 Å². The van der Waals surface area contributed by atoms with Crippen LogP contribution >= 0.6 is 0 Å². The number of hydrogen-bond donors (Lipinski definition) is 2. The minimum absolute atomic E-state index is 0.141. The number of aromatic nitrogens is 6. The van der Waals surface area contributed by atoms with Crippen molar-refractivity contribution in [3.05, 3.63) is 47.3 Å². The second-order valence-corrected chi connectivity index (χ2v) is 10.7. The SMILES string of the molecule is C[C@H](CO)n1nnnc1-c1cccc(NC(=O)c2cc3c(cn2)CCN(S(=O)(=O)C2CC2)C3)n1. The van der Waals surface area contributed by atoms with E-state index >= 15 is 0 Å². The molecule has 1 aliphatic heterocycles. The number of anilines is 1. The Bertz CT molecular complexity index is 1340. The third-order valence-corrected chi connectivity index (χ3v) is 8.34. The van der Waals surface area contributed by atoms with Gasteiger partial charge in [0.15, 0.2) is 0 Å². The lowest BCUT2D eigenvalue weighted by molar-refractivity contribution is 0.102. The summed E-state index contributed by atoms with van der Waals surface area (Å²) in [7, 11) is -3.28. The molecule has 0 saturated heterocycles. The highest BCUT2D eigenvalue weighted by molar-refractivity contribution is 7.90. The summed E-state index contributed by atoms with van der Waals surface area (Å²) >= 11 is 0. The van der Waals surface area contributed by atoms with E-state index in [2.05, 4.69) is 30.8 Å². The molecule has 0 radical (unpaired) electrons. The number of carbonyl (C=O) groups is 1. The topological polar surface area (TPSA) is 156 Å². The Labute approximate surface area is 196 Å². The van der Waals surface area contributed by atoms with E-state index in [4.69, 9.17) is 0 Å². The van der Waals surface area contributed by atoms with Gasteiger partial charge in [0, 0.05) is 19.3 Å². The van der Waals surface area contributed by atoms with Crippen molar-refractivity contribution in [1.29, 1.82) is 0 Å². The molecule has 178 valence electrons. The van der Waals surface area contributed by atoms with Gasteiger partial charge < -0.3 is 10.4 Å². The van der Waals surface area contributed by atoms with Gasteiger partial charge in [-0.1, -0.05) is 6.07 Å². The molecule has 3 aromatic heterocycles. The fourth-order valence-electron chi connectivity index (χ4n) is 3.88. The monoisotopic (exact) mass is 484 g/mol. The molecule has 1 amide bonds. The van der Waals surface area contributed by atoms with Gasteiger partial charge in [0.05, 0.1) is 17.9 Å². The van der Waals surface area contributed by atoms with E-state index in [0.29, 0.717) is 37.3 Å². The van der Waals surface area contributed by atoms with Crippen molar-refractivity contribution in [3.8, 4) is 11.5 Å². The molecule has 0 unspecified atom stereocenters. The summed E-state index contributed by atoms with van der Waals surface area (Å²) in [4.78, 5) is 21.6. The number of carbonyl (C=O) groups excluding carboxylic acids is 1. The predicted octanol–water partition coefficient (Wildman–Crippen LogP) is 0.786. The Kier molecular flexibility index (Phi) is 5.83. The molecule has 13 heteroatoms. The van der Waals surface area contributed by atoms with E-state index in [9.17, 15) is 18.3 Å². The van der Waals surface area contributed by atoms with Gasteiger partial charge in [-0.25, -0.2) is 18.1 Å². The lowest BCUT2D eigenvalue weighted by Crippen LogP contribution is -2.38. The number of rotatable bonds is 7. The molecule has 5 rings (SSSR count). The van der Waals surface area contributed by atoms with E-state index in [1.54, 1.807) is 37.4 Å². The molecule has 0 bridgehead atoms. The van der Waals surface area contributed by atoms with Crippen molar-refractivity contribution in [3.63, 3.8) is 0 Å². The van der Waals surface area contributed by atoms with Crippen molar-refractivity contribution >= 4 is 21.7 Å². The first kappa shape index (κ1) is 22.5. The molecule has 3 aromatic rings. The first-order valence-electron chi connectivity index (χ1n) is 11.0. The number of amides is 1. The van der Waals surface area contributed by atoms with Crippen LogP contribution in [0.5, 0.6) is 0 Å². The fraction of sp³-hybridized carbons (Fsp3) is 0.429. The molecule has 1 saturated carbocycles. The van der Waals surface area contributed by atoms with Crippen molar-refractivity contribution in [1.82, 2.24) is 34.5 Å². The van der Waals surface area contributed by atoms with Gasteiger partial charge in [-0.2, -0.15) is 4.31 Å². The zero-order chi connectivity index (χ0) is 23.9. The predicted molar refractivity (Wildman–Crippen MR) is 121 cm³/mol. The largest absolute Gasteiger partial charge is 0.394 e. The minimum Gasteiger partial charge on any atom is -0.394 e. The molecule has 1 atom stereocenters. The van der Waals surface area contributed by atoms with E-state index in [-0.39, 0.29) is 36.0 Å². The number of tetrazole rings is 1. The maximum atomic E-state index is 12.9. The van der Waals surface area contributed by atoms with Gasteiger partial charge >= 0.3 is 0 Å². The van der Waals surface area contributed by atoms with E-state index < -0.39 is 15.9 Å². The maximum absolute atomic E-state index is 12.9. The molecule has 1 fully saturated rings. The Morgan fingerprint density at radius 2 is 2.12 bits per heavy atom. The summed E-state index contributed by atoms with van der Waals surface area (Å²) < 4.78 is 28.2. The van der Waals surface area contributed by atoms with Crippen molar-refractivity contribution < 1.29 is 18.3 Å². The van der Waals surface area contributed by atoms with Gasteiger partial charge in [-0.3, -0.25) is 9.78 Å². The number of aliphatic hydroxyl groups is 1. The first-order chi connectivity index (χ1) is 16.4. The summed E-state index contributed by atoms with van der Waals surface area (Å²) in [5, 5.41) is 23.4. The van der Waals surface area contributed by atoms with Gasteiger partial charge in [0.25, 0.3) is 5.91 Å². The van der Waals surface area contributed by atoms with Crippen LogP contribution in [0.1, 0.15) is 47.4 Å². The average Bonchev–Trinajstić information content (AvgIpc) is 3.60. The molecule has 34 heavy (non-hydrogen) atoms. The van der Waals surface area contributed by atoms with E-state index in [1.807, 2.05) is 0 Å². The summed E-state index contributed by atoms with van der Waals surface area (Å²) in [6, 6.07) is 6.35. The Hall–Kier alpha value is -3.29. The standard InChI is InChI=1S/C21H24N8O4S/c1-13(12-30)29-20(25-26-27-29)17-3-2-4-19(23-17)24-21(31)18-9-15-11-28(8-7-14(15)10-22-18)34(32,33)16-5-6-16/h2-4,9-10,13,16,30H,5-8,11-12H2,1H3,(H,23,24,31)/t13-/m1/s1. The Morgan fingerprint density at radius 1 is 1.29 bits per heavy atom. The summed E-state index contributed by atoms with van der Waals surface area (Å²) in [5.74, 6) is 0.186. The summed E-state index contributed by atoms with van der Waals surface area (Å²) in [6.07, 6.45) is 3.64. The van der Waals surface area contributed by atoms with Gasteiger partial charge in [-0.05, 0) is 65.9 Å². The molecule has 1 aliphatic carbocycles. The molecule has 2 N–H and O–H groups in total.